The van der Waals surface area contributed by atoms with Gasteiger partial charge in [-0.25, -0.2) is 14.8 Å². The largest absolute Gasteiger partial charge is 0.347 e. The third-order valence-electron chi connectivity index (χ3n) is 6.72. The lowest BCUT2D eigenvalue weighted by Crippen LogP contribution is -2.35. The highest BCUT2D eigenvalue weighted by molar-refractivity contribution is 5.77. The average molecular weight is 406 g/mol. The molecular weight excluding hydrogens is 378 g/mol. The Morgan fingerprint density at radius 2 is 1.83 bits per heavy atom. The molecule has 156 valence electrons. The van der Waals surface area contributed by atoms with Gasteiger partial charge in [0.05, 0.1) is 16.9 Å². The maximum Gasteiger partial charge on any atom is 0.347 e. The van der Waals surface area contributed by atoms with Gasteiger partial charge < -0.3 is 0 Å². The monoisotopic (exact) mass is 405 g/mol. The first-order valence-electron chi connectivity index (χ1n) is 10.9. The van der Waals surface area contributed by atoms with E-state index in [0.717, 1.165) is 62.1 Å². The van der Waals surface area contributed by atoms with E-state index < -0.39 is 0 Å². The van der Waals surface area contributed by atoms with Crippen molar-refractivity contribution < 1.29 is 0 Å². The van der Waals surface area contributed by atoms with Gasteiger partial charge in [-0.05, 0) is 50.4 Å². The third kappa shape index (κ3) is 3.27. The maximum absolute atomic E-state index is 13.5. The van der Waals surface area contributed by atoms with Crippen molar-refractivity contribution in [3.63, 3.8) is 0 Å². The van der Waals surface area contributed by atoms with Crippen molar-refractivity contribution in [3.05, 3.63) is 68.9 Å². The first kappa shape index (κ1) is 19.2. The summed E-state index contributed by atoms with van der Waals surface area (Å²) in [6, 6.07) is 9.88. The molecule has 1 atom stereocenters. The van der Waals surface area contributed by atoms with Crippen LogP contribution >= 0.6 is 0 Å². The van der Waals surface area contributed by atoms with Crippen LogP contribution in [0.2, 0.25) is 0 Å². The van der Waals surface area contributed by atoms with E-state index >= 15 is 0 Å². The summed E-state index contributed by atoms with van der Waals surface area (Å²) in [5.41, 5.74) is 1.55. The molecule has 0 N–H and O–H groups in total. The Hall–Kier alpha value is -2.80. The molecular formula is C23H27N5O2. The minimum atomic E-state index is -0.241. The SMILES string of the molecule is Cn1c(CN2CCCC2c2nc3ccccc3c(=O)n2C2CCCC2)ccnc1=O. The molecule has 1 unspecified atom stereocenters. The van der Waals surface area contributed by atoms with Gasteiger partial charge in [0, 0.05) is 31.5 Å². The molecule has 1 aromatic carbocycles. The number of rotatable bonds is 4. The van der Waals surface area contributed by atoms with Crippen molar-refractivity contribution in [3.8, 4) is 0 Å². The fraction of sp³-hybridized carbons (Fsp3) is 0.478. The quantitative estimate of drug-likeness (QED) is 0.667. The van der Waals surface area contributed by atoms with Crippen molar-refractivity contribution in [2.75, 3.05) is 6.54 Å². The van der Waals surface area contributed by atoms with Gasteiger partial charge in [0.2, 0.25) is 0 Å². The average Bonchev–Trinajstić information content (AvgIpc) is 3.43. The Balaban J connectivity index is 1.60. The van der Waals surface area contributed by atoms with Crippen LogP contribution in [0.1, 0.15) is 62.1 Å². The lowest BCUT2D eigenvalue weighted by atomic mass is 10.1. The summed E-state index contributed by atoms with van der Waals surface area (Å²) in [4.78, 5) is 36.7. The Kier molecular flexibility index (Phi) is 4.98. The molecule has 0 amide bonds. The second-order valence-corrected chi connectivity index (χ2v) is 8.51. The van der Waals surface area contributed by atoms with E-state index in [-0.39, 0.29) is 23.3 Å². The zero-order valence-corrected chi connectivity index (χ0v) is 17.3. The molecule has 7 heteroatoms. The van der Waals surface area contributed by atoms with Crippen molar-refractivity contribution in [1.82, 2.24) is 24.0 Å². The lowest BCUT2D eigenvalue weighted by Gasteiger charge is -2.29. The minimum absolute atomic E-state index is 0.0752. The van der Waals surface area contributed by atoms with E-state index in [4.69, 9.17) is 4.98 Å². The Bertz CT molecular complexity index is 1190. The van der Waals surface area contributed by atoms with Gasteiger partial charge in [-0.1, -0.05) is 25.0 Å². The zero-order chi connectivity index (χ0) is 20.7. The fourth-order valence-electron chi connectivity index (χ4n) is 5.10. The van der Waals surface area contributed by atoms with E-state index in [0.29, 0.717) is 11.9 Å². The highest BCUT2D eigenvalue weighted by Gasteiger charge is 2.33. The van der Waals surface area contributed by atoms with Crippen molar-refractivity contribution >= 4 is 10.9 Å². The summed E-state index contributed by atoms with van der Waals surface area (Å²) >= 11 is 0. The van der Waals surface area contributed by atoms with Gasteiger partial charge in [0.25, 0.3) is 5.56 Å². The second-order valence-electron chi connectivity index (χ2n) is 8.51. The number of hydrogen-bond donors (Lipinski definition) is 0. The molecule has 5 rings (SSSR count). The van der Waals surface area contributed by atoms with Crippen LogP contribution in [0.5, 0.6) is 0 Å². The number of hydrogen-bond acceptors (Lipinski definition) is 5. The molecule has 1 saturated heterocycles. The fourth-order valence-corrected chi connectivity index (χ4v) is 5.10. The molecule has 2 aliphatic rings. The van der Waals surface area contributed by atoms with Crippen LogP contribution in [-0.2, 0) is 13.6 Å². The van der Waals surface area contributed by atoms with Gasteiger partial charge >= 0.3 is 5.69 Å². The van der Waals surface area contributed by atoms with E-state index in [1.54, 1.807) is 17.8 Å². The van der Waals surface area contributed by atoms with E-state index in [9.17, 15) is 9.59 Å². The van der Waals surface area contributed by atoms with Crippen LogP contribution in [0, 0.1) is 0 Å². The molecule has 0 radical (unpaired) electrons. The van der Waals surface area contributed by atoms with Crippen LogP contribution in [-0.4, -0.2) is 30.5 Å². The predicted molar refractivity (Wildman–Crippen MR) is 115 cm³/mol. The number of benzene rings is 1. The van der Waals surface area contributed by atoms with Crippen LogP contribution < -0.4 is 11.2 Å². The summed E-state index contributed by atoms with van der Waals surface area (Å²) < 4.78 is 3.61. The van der Waals surface area contributed by atoms with Gasteiger partial charge in [-0.3, -0.25) is 18.8 Å². The molecule has 30 heavy (non-hydrogen) atoms. The van der Waals surface area contributed by atoms with Gasteiger partial charge in [-0.2, -0.15) is 0 Å². The van der Waals surface area contributed by atoms with E-state index in [1.807, 2.05) is 34.9 Å². The third-order valence-corrected chi connectivity index (χ3v) is 6.72. The first-order chi connectivity index (χ1) is 14.6. The summed E-state index contributed by atoms with van der Waals surface area (Å²) in [5.74, 6) is 0.891. The number of para-hydroxylation sites is 1. The molecule has 3 heterocycles. The second kappa shape index (κ2) is 7.80. The molecule has 1 aliphatic carbocycles. The molecule has 1 aliphatic heterocycles. The molecule has 0 spiro atoms. The molecule has 7 nitrogen and oxygen atoms in total. The standard InChI is InChI=1S/C23H27N5O2/c1-26-17(12-13-24-23(26)30)15-27-14-6-11-20(27)21-25-19-10-5-4-9-18(19)22(29)28(21)16-7-2-3-8-16/h4-5,9-10,12-13,16,20H,2-3,6-8,11,14-15H2,1H3. The summed E-state index contributed by atoms with van der Waals surface area (Å²) in [6.07, 6.45) is 8.00. The van der Waals surface area contributed by atoms with Crippen LogP contribution in [0.25, 0.3) is 10.9 Å². The zero-order valence-electron chi connectivity index (χ0n) is 17.3. The van der Waals surface area contributed by atoms with Gasteiger partial charge in [0.1, 0.15) is 5.82 Å². The number of nitrogens with zero attached hydrogens (tertiary/aromatic N) is 5. The molecule has 3 aromatic rings. The lowest BCUT2D eigenvalue weighted by molar-refractivity contribution is 0.223. The van der Waals surface area contributed by atoms with Crippen LogP contribution in [0.15, 0.2) is 46.1 Å². The van der Waals surface area contributed by atoms with Crippen molar-refractivity contribution in [2.45, 2.75) is 57.2 Å². The van der Waals surface area contributed by atoms with Crippen LogP contribution in [0.4, 0.5) is 0 Å². The molecule has 2 fully saturated rings. The van der Waals surface area contributed by atoms with E-state index in [2.05, 4.69) is 9.88 Å². The number of fused-ring (bicyclic) bond motifs is 1. The predicted octanol–water partition coefficient (Wildman–Crippen LogP) is 2.94. The topological polar surface area (TPSA) is 73.0 Å². The summed E-state index contributed by atoms with van der Waals surface area (Å²) in [5, 5.41) is 0.703. The highest BCUT2D eigenvalue weighted by Crippen LogP contribution is 2.36. The minimum Gasteiger partial charge on any atom is -0.298 e. The van der Waals surface area contributed by atoms with E-state index in [1.165, 1.54) is 0 Å². The Labute approximate surface area is 175 Å². The first-order valence-corrected chi connectivity index (χ1v) is 10.9. The Morgan fingerprint density at radius 3 is 2.67 bits per heavy atom. The normalized spacial score (nSPS) is 20.4. The van der Waals surface area contributed by atoms with Crippen molar-refractivity contribution in [2.24, 2.45) is 7.05 Å². The number of likely N-dealkylation sites (tertiary alicyclic amines) is 1. The number of aromatic nitrogens is 4. The maximum atomic E-state index is 13.5. The summed E-state index contributed by atoms with van der Waals surface area (Å²) in [6.45, 7) is 1.57. The Morgan fingerprint density at radius 1 is 1.03 bits per heavy atom. The van der Waals surface area contributed by atoms with Crippen molar-refractivity contribution in [1.29, 1.82) is 0 Å². The summed E-state index contributed by atoms with van der Waals surface area (Å²) in [7, 11) is 1.76. The molecule has 2 aromatic heterocycles. The van der Waals surface area contributed by atoms with Gasteiger partial charge in [0.15, 0.2) is 0 Å². The van der Waals surface area contributed by atoms with Gasteiger partial charge in [-0.15, -0.1) is 0 Å². The molecule has 1 saturated carbocycles. The molecule has 0 bridgehead atoms. The van der Waals surface area contributed by atoms with Crippen LogP contribution in [0.3, 0.4) is 0 Å². The smallest absolute Gasteiger partial charge is 0.298 e. The highest BCUT2D eigenvalue weighted by atomic mass is 16.1.